The Labute approximate surface area is 192 Å². The fraction of sp³-hybridized carbons (Fsp3) is 0.348. The molecular formula is C23H22ClF5N2O2. The number of alkyl halides is 5. The zero-order chi connectivity index (χ0) is 24.4. The molecule has 2 unspecified atom stereocenters. The highest BCUT2D eigenvalue weighted by molar-refractivity contribution is 6.31. The van der Waals surface area contributed by atoms with Crippen LogP contribution in [0, 0.1) is 0 Å². The minimum atomic E-state index is -4.71. The van der Waals surface area contributed by atoms with E-state index in [4.69, 9.17) is 11.6 Å². The van der Waals surface area contributed by atoms with Crippen LogP contribution in [0.15, 0.2) is 48.5 Å². The molecule has 33 heavy (non-hydrogen) atoms. The van der Waals surface area contributed by atoms with E-state index in [9.17, 15) is 31.9 Å². The number of carbonyl (C=O) groups excluding carboxylic acids is 1. The Morgan fingerprint density at radius 3 is 2.42 bits per heavy atom. The lowest BCUT2D eigenvalue weighted by molar-refractivity contribution is -0.137. The van der Waals surface area contributed by atoms with Crippen LogP contribution < -0.4 is 10.6 Å². The first kappa shape index (κ1) is 25.1. The van der Waals surface area contributed by atoms with Crippen molar-refractivity contribution in [3.63, 3.8) is 0 Å². The monoisotopic (exact) mass is 488 g/mol. The summed E-state index contributed by atoms with van der Waals surface area (Å²) in [5.41, 5.74) is -0.535. The van der Waals surface area contributed by atoms with Crippen molar-refractivity contribution in [1.82, 2.24) is 10.6 Å². The van der Waals surface area contributed by atoms with Crippen LogP contribution in [0.5, 0.6) is 0 Å². The van der Waals surface area contributed by atoms with Gasteiger partial charge in [-0.1, -0.05) is 35.9 Å². The van der Waals surface area contributed by atoms with Crippen LogP contribution in [0.25, 0.3) is 6.08 Å². The van der Waals surface area contributed by atoms with Crippen molar-refractivity contribution < 1.29 is 31.9 Å². The third-order valence-corrected chi connectivity index (χ3v) is 5.39. The molecule has 1 fully saturated rings. The number of rotatable bonds is 8. The smallest absolute Gasteiger partial charge is 0.374 e. The van der Waals surface area contributed by atoms with Crippen LogP contribution in [0.1, 0.15) is 54.3 Å². The molecule has 3 rings (SSSR count). The maximum Gasteiger partial charge on any atom is 0.416 e. The predicted octanol–water partition coefficient (Wildman–Crippen LogP) is 5.63. The average Bonchev–Trinajstić information content (AvgIpc) is 3.53. The summed E-state index contributed by atoms with van der Waals surface area (Å²) in [6.45, 7) is 0.515. The summed E-state index contributed by atoms with van der Waals surface area (Å²) in [5.74, 6) is -4.45. The van der Waals surface area contributed by atoms with Gasteiger partial charge >= 0.3 is 6.18 Å². The third-order valence-electron chi connectivity index (χ3n) is 5.06. The fourth-order valence-electron chi connectivity index (χ4n) is 3.19. The molecule has 3 N–H and O–H groups in total. The second-order valence-corrected chi connectivity index (χ2v) is 8.39. The molecule has 0 saturated heterocycles. The van der Waals surface area contributed by atoms with E-state index in [-0.39, 0.29) is 16.6 Å². The molecule has 0 spiro atoms. The minimum Gasteiger partial charge on any atom is -0.374 e. The Bertz CT molecular complexity index is 1030. The van der Waals surface area contributed by atoms with Crippen LogP contribution in [0.3, 0.4) is 0 Å². The highest BCUT2D eigenvalue weighted by Gasteiger charge is 2.38. The normalized spacial score (nSPS) is 16.6. The van der Waals surface area contributed by atoms with Crippen molar-refractivity contribution >= 4 is 23.6 Å². The Hall–Kier alpha value is -2.49. The quantitative estimate of drug-likeness (QED) is 0.256. The van der Waals surface area contributed by atoms with Crippen molar-refractivity contribution in [2.24, 2.45) is 0 Å². The van der Waals surface area contributed by atoms with Gasteiger partial charge in [0.1, 0.15) is 12.3 Å². The molecule has 1 aliphatic carbocycles. The van der Waals surface area contributed by atoms with E-state index in [1.165, 1.54) is 12.1 Å². The highest BCUT2D eigenvalue weighted by atomic mass is 35.5. The zero-order valence-corrected chi connectivity index (χ0v) is 18.2. The van der Waals surface area contributed by atoms with Crippen LogP contribution in [-0.4, -0.2) is 23.0 Å². The SMILES string of the molecule is CC(F)(F)C(NC(=O)C=Cc1ccc(C(O)NC2CC2)c(Cl)c1)c1cccc(C(F)(F)F)c1. The molecule has 178 valence electrons. The number of aliphatic hydroxyl groups is 1. The maximum absolute atomic E-state index is 14.1. The lowest BCUT2D eigenvalue weighted by Gasteiger charge is -2.25. The van der Waals surface area contributed by atoms with Crippen LogP contribution in [-0.2, 0) is 11.0 Å². The van der Waals surface area contributed by atoms with Crippen molar-refractivity contribution in [1.29, 1.82) is 0 Å². The van der Waals surface area contributed by atoms with Gasteiger partial charge in [-0.05, 0) is 48.2 Å². The molecule has 0 aliphatic heterocycles. The lowest BCUT2D eigenvalue weighted by atomic mass is 9.99. The molecule has 2 aromatic rings. The van der Waals surface area contributed by atoms with Gasteiger partial charge in [0.25, 0.3) is 5.92 Å². The molecule has 4 nitrogen and oxygen atoms in total. The summed E-state index contributed by atoms with van der Waals surface area (Å²) in [5, 5.41) is 15.5. The number of nitrogens with one attached hydrogen (secondary N) is 2. The van der Waals surface area contributed by atoms with Gasteiger partial charge in [-0.3, -0.25) is 10.1 Å². The van der Waals surface area contributed by atoms with E-state index in [0.717, 1.165) is 37.1 Å². The Morgan fingerprint density at radius 2 is 1.85 bits per heavy atom. The second kappa shape index (κ2) is 9.79. The summed E-state index contributed by atoms with van der Waals surface area (Å²) in [6.07, 6.45) is -1.39. The van der Waals surface area contributed by atoms with Crippen molar-refractivity contribution in [3.05, 3.63) is 75.8 Å². The number of hydrogen-bond donors (Lipinski definition) is 3. The molecule has 2 aromatic carbocycles. The Kier molecular flexibility index (Phi) is 7.45. The van der Waals surface area contributed by atoms with E-state index in [1.807, 2.05) is 0 Å². The highest BCUT2D eigenvalue weighted by Crippen LogP contribution is 2.35. The Balaban J connectivity index is 1.72. The molecule has 10 heteroatoms. The van der Waals surface area contributed by atoms with Gasteiger partial charge in [0.2, 0.25) is 5.91 Å². The van der Waals surface area contributed by atoms with Crippen LogP contribution in [0.4, 0.5) is 22.0 Å². The van der Waals surface area contributed by atoms with Gasteiger partial charge in [-0.25, -0.2) is 8.78 Å². The summed E-state index contributed by atoms with van der Waals surface area (Å²) >= 11 is 6.19. The Morgan fingerprint density at radius 1 is 1.15 bits per heavy atom. The maximum atomic E-state index is 14.1. The fourth-order valence-corrected chi connectivity index (χ4v) is 3.48. The van der Waals surface area contributed by atoms with E-state index in [1.54, 1.807) is 12.1 Å². The molecule has 1 saturated carbocycles. The van der Waals surface area contributed by atoms with Crippen LogP contribution in [0.2, 0.25) is 5.02 Å². The van der Waals surface area contributed by atoms with Gasteiger partial charge in [-0.2, -0.15) is 13.2 Å². The van der Waals surface area contributed by atoms with Crippen molar-refractivity contribution in [3.8, 4) is 0 Å². The number of hydrogen-bond acceptors (Lipinski definition) is 3. The summed E-state index contributed by atoms with van der Waals surface area (Å²) in [7, 11) is 0. The third kappa shape index (κ3) is 6.99. The first-order chi connectivity index (χ1) is 15.3. The standard InChI is InChI=1S/C23H22ClF5N2O2/c1-22(25,26)20(14-3-2-4-15(12-14)23(27,28)29)31-19(32)10-6-13-5-9-17(18(24)11-13)21(33)30-16-7-8-16/h2-6,9-12,16,20-21,30,33H,7-8H2,1H3,(H,31,32). The van der Waals surface area contributed by atoms with Crippen LogP contribution >= 0.6 is 11.6 Å². The van der Waals surface area contributed by atoms with Crippen molar-refractivity contribution in [2.45, 2.75) is 50.2 Å². The summed E-state index contributed by atoms with van der Waals surface area (Å²) < 4.78 is 67.1. The van der Waals surface area contributed by atoms with E-state index >= 15 is 0 Å². The number of carbonyl (C=O) groups is 1. The van der Waals surface area contributed by atoms with Gasteiger partial charge in [0.15, 0.2) is 0 Å². The second-order valence-electron chi connectivity index (χ2n) is 7.98. The molecule has 0 aromatic heterocycles. The minimum absolute atomic E-state index is 0.250. The number of amides is 1. The molecule has 1 aliphatic rings. The summed E-state index contributed by atoms with van der Waals surface area (Å²) in [4.78, 5) is 12.3. The molecule has 0 radical (unpaired) electrons. The molecule has 2 atom stereocenters. The summed E-state index contributed by atoms with van der Waals surface area (Å²) in [6, 6.07) is 6.40. The number of aliphatic hydroxyl groups excluding tert-OH is 1. The van der Waals surface area contributed by atoms with E-state index in [2.05, 4.69) is 10.6 Å². The molecule has 0 heterocycles. The van der Waals surface area contributed by atoms with E-state index in [0.29, 0.717) is 24.1 Å². The first-order valence-corrected chi connectivity index (χ1v) is 10.5. The molecular weight excluding hydrogens is 467 g/mol. The van der Waals surface area contributed by atoms with E-state index < -0.39 is 35.8 Å². The number of benzene rings is 2. The van der Waals surface area contributed by atoms with Crippen molar-refractivity contribution in [2.75, 3.05) is 0 Å². The average molecular weight is 489 g/mol. The lowest BCUT2D eigenvalue weighted by Crippen LogP contribution is -2.38. The topological polar surface area (TPSA) is 61.4 Å². The zero-order valence-electron chi connectivity index (χ0n) is 17.5. The predicted molar refractivity (Wildman–Crippen MR) is 115 cm³/mol. The van der Waals surface area contributed by atoms with Gasteiger partial charge in [0.05, 0.1) is 5.56 Å². The largest absolute Gasteiger partial charge is 0.416 e. The molecule has 0 bridgehead atoms. The van der Waals surface area contributed by atoms with Gasteiger partial charge in [-0.15, -0.1) is 0 Å². The first-order valence-electron chi connectivity index (χ1n) is 10.1. The van der Waals surface area contributed by atoms with Gasteiger partial charge in [0, 0.05) is 29.6 Å². The number of halogens is 6. The van der Waals surface area contributed by atoms with Gasteiger partial charge < -0.3 is 10.4 Å². The molecule has 1 amide bonds.